The molecular formula is C21H27N7O2. The number of nitrogens with one attached hydrogen (secondary N) is 1. The van der Waals surface area contributed by atoms with Crippen molar-refractivity contribution in [1.82, 2.24) is 34.4 Å². The van der Waals surface area contributed by atoms with Crippen LogP contribution in [0.2, 0.25) is 0 Å². The van der Waals surface area contributed by atoms with Crippen LogP contribution in [0, 0.1) is 12.8 Å². The van der Waals surface area contributed by atoms with Crippen LogP contribution in [0.1, 0.15) is 42.0 Å². The molecular weight excluding hydrogens is 382 g/mol. The summed E-state index contributed by atoms with van der Waals surface area (Å²) in [6.07, 6.45) is 6.27. The van der Waals surface area contributed by atoms with Crippen molar-refractivity contribution in [2.24, 2.45) is 13.0 Å². The molecule has 1 N–H and O–H groups in total. The molecule has 0 radical (unpaired) electrons. The highest BCUT2D eigenvalue weighted by Crippen LogP contribution is 2.21. The summed E-state index contributed by atoms with van der Waals surface area (Å²) in [6, 6.07) is 5.76. The van der Waals surface area contributed by atoms with Crippen molar-refractivity contribution in [3.8, 4) is 0 Å². The number of aromatic nitrogens is 6. The van der Waals surface area contributed by atoms with E-state index in [9.17, 15) is 9.59 Å². The third-order valence-corrected chi connectivity index (χ3v) is 5.63. The second-order valence-corrected chi connectivity index (χ2v) is 7.94. The smallest absolute Gasteiger partial charge is 0.346 e. The summed E-state index contributed by atoms with van der Waals surface area (Å²) >= 11 is 0. The fraction of sp³-hybridized carbons (Fsp3) is 0.476. The monoisotopic (exact) mass is 409 g/mol. The van der Waals surface area contributed by atoms with Crippen molar-refractivity contribution in [1.29, 1.82) is 0 Å². The fourth-order valence-corrected chi connectivity index (χ4v) is 4.01. The van der Waals surface area contributed by atoms with Gasteiger partial charge in [0.15, 0.2) is 0 Å². The van der Waals surface area contributed by atoms with E-state index in [0.29, 0.717) is 32.5 Å². The van der Waals surface area contributed by atoms with E-state index < -0.39 is 0 Å². The molecule has 9 heteroatoms. The Morgan fingerprint density at radius 2 is 2.17 bits per heavy atom. The van der Waals surface area contributed by atoms with E-state index in [1.165, 1.54) is 4.68 Å². The van der Waals surface area contributed by atoms with Gasteiger partial charge in [0.1, 0.15) is 5.82 Å². The third kappa shape index (κ3) is 4.50. The number of hydrogen-bond donors (Lipinski definition) is 1. The van der Waals surface area contributed by atoms with Crippen LogP contribution in [0.4, 0.5) is 0 Å². The largest absolute Gasteiger partial charge is 0.350 e. The molecule has 1 aliphatic heterocycles. The van der Waals surface area contributed by atoms with E-state index in [1.807, 2.05) is 32.2 Å². The minimum absolute atomic E-state index is 0.0346. The molecule has 0 spiro atoms. The number of pyridine rings is 1. The van der Waals surface area contributed by atoms with Gasteiger partial charge in [-0.2, -0.15) is 10.2 Å². The van der Waals surface area contributed by atoms with Gasteiger partial charge in [-0.05, 0) is 43.4 Å². The van der Waals surface area contributed by atoms with Crippen molar-refractivity contribution < 1.29 is 4.79 Å². The first-order valence-electron chi connectivity index (χ1n) is 10.3. The van der Waals surface area contributed by atoms with Crippen LogP contribution in [0.25, 0.3) is 0 Å². The van der Waals surface area contributed by atoms with Crippen molar-refractivity contribution in [3.63, 3.8) is 0 Å². The summed E-state index contributed by atoms with van der Waals surface area (Å²) in [5.74, 6) is 1.08. The van der Waals surface area contributed by atoms with Crippen LogP contribution in [-0.4, -0.2) is 35.0 Å². The fourth-order valence-electron chi connectivity index (χ4n) is 4.01. The number of rotatable bonds is 6. The molecule has 1 unspecified atom stereocenters. The van der Waals surface area contributed by atoms with Crippen molar-refractivity contribution in [2.75, 3.05) is 0 Å². The number of hydrogen-bond acceptors (Lipinski definition) is 5. The number of carbonyl (C=O) groups excluding carboxylic acids is 1. The summed E-state index contributed by atoms with van der Waals surface area (Å²) in [7, 11) is 1.88. The second-order valence-electron chi connectivity index (χ2n) is 7.94. The lowest BCUT2D eigenvalue weighted by Gasteiger charge is -2.13. The quantitative estimate of drug-likeness (QED) is 0.659. The maximum absolute atomic E-state index is 12.7. The van der Waals surface area contributed by atoms with Crippen molar-refractivity contribution >= 4 is 5.91 Å². The summed E-state index contributed by atoms with van der Waals surface area (Å²) in [6.45, 7) is 3.43. The Morgan fingerprint density at radius 1 is 1.30 bits per heavy atom. The summed E-state index contributed by atoms with van der Waals surface area (Å²) < 4.78 is 5.05. The van der Waals surface area contributed by atoms with Gasteiger partial charge in [0, 0.05) is 38.8 Å². The lowest BCUT2D eigenvalue weighted by atomic mass is 9.96. The molecule has 4 rings (SSSR count). The molecule has 0 saturated carbocycles. The normalized spacial score (nSPS) is 16.1. The number of amides is 1. The Bertz CT molecular complexity index is 1080. The minimum atomic E-state index is -0.0921. The zero-order valence-corrected chi connectivity index (χ0v) is 17.4. The van der Waals surface area contributed by atoms with Crippen LogP contribution in [0.5, 0.6) is 0 Å². The van der Waals surface area contributed by atoms with E-state index in [-0.39, 0.29) is 17.5 Å². The highest BCUT2D eigenvalue weighted by Gasteiger charge is 2.23. The molecule has 1 amide bonds. The maximum atomic E-state index is 12.7. The molecule has 0 saturated heterocycles. The number of nitrogens with zero attached hydrogens (tertiary/aromatic N) is 6. The summed E-state index contributed by atoms with van der Waals surface area (Å²) in [4.78, 5) is 29.3. The number of fused-ring (bicyclic) bond motifs is 1. The molecule has 30 heavy (non-hydrogen) atoms. The van der Waals surface area contributed by atoms with Crippen LogP contribution < -0.4 is 11.0 Å². The summed E-state index contributed by atoms with van der Waals surface area (Å²) in [5, 5.41) is 11.8. The number of carbonyl (C=O) groups is 1. The molecule has 9 nitrogen and oxygen atoms in total. The Hall–Kier alpha value is -3.23. The first-order valence-corrected chi connectivity index (χ1v) is 10.3. The number of aryl methyl sites for hydroxylation is 3. The Labute approximate surface area is 174 Å². The van der Waals surface area contributed by atoms with Gasteiger partial charge in [0.2, 0.25) is 5.91 Å². The predicted molar refractivity (Wildman–Crippen MR) is 111 cm³/mol. The molecule has 3 aromatic rings. The zero-order valence-electron chi connectivity index (χ0n) is 17.4. The van der Waals surface area contributed by atoms with Gasteiger partial charge in [0.25, 0.3) is 0 Å². The molecule has 0 fully saturated rings. The standard InChI is InChI=1S/C21H27N7O2/c1-15-10-18(26(2)24-15)13-23-20(29)11-16-5-6-19-25-28(21(30)27(19)9-7-16)14-17-4-3-8-22-12-17/h3-4,8,10,12,16H,5-7,9,11,13-14H2,1-2H3,(H,23,29). The highest BCUT2D eigenvalue weighted by molar-refractivity contribution is 5.76. The third-order valence-electron chi connectivity index (χ3n) is 5.63. The van der Waals surface area contributed by atoms with Crippen LogP contribution in [0.3, 0.4) is 0 Å². The van der Waals surface area contributed by atoms with Crippen LogP contribution >= 0.6 is 0 Å². The lowest BCUT2D eigenvalue weighted by molar-refractivity contribution is -0.122. The van der Waals surface area contributed by atoms with Crippen molar-refractivity contribution in [2.45, 2.75) is 52.2 Å². The average Bonchev–Trinajstić information content (AvgIpc) is 3.12. The van der Waals surface area contributed by atoms with E-state index in [0.717, 1.165) is 35.6 Å². The molecule has 1 aliphatic rings. The minimum Gasteiger partial charge on any atom is -0.350 e. The molecule has 1 atom stereocenters. The highest BCUT2D eigenvalue weighted by atomic mass is 16.2. The van der Waals surface area contributed by atoms with E-state index >= 15 is 0 Å². The molecule has 0 aliphatic carbocycles. The molecule has 158 valence electrons. The van der Waals surface area contributed by atoms with E-state index in [4.69, 9.17) is 0 Å². The Balaban J connectivity index is 1.33. The molecule has 4 heterocycles. The Morgan fingerprint density at radius 3 is 2.90 bits per heavy atom. The predicted octanol–water partition coefficient (Wildman–Crippen LogP) is 1.19. The van der Waals surface area contributed by atoms with Gasteiger partial charge < -0.3 is 5.32 Å². The van der Waals surface area contributed by atoms with E-state index in [2.05, 4.69) is 20.5 Å². The topological polar surface area (TPSA) is 99.6 Å². The molecule has 0 bridgehead atoms. The van der Waals surface area contributed by atoms with Crippen molar-refractivity contribution in [3.05, 3.63) is 63.9 Å². The van der Waals surface area contributed by atoms with Gasteiger partial charge in [0.05, 0.1) is 24.5 Å². The summed E-state index contributed by atoms with van der Waals surface area (Å²) in [5.41, 5.74) is 2.78. The SMILES string of the molecule is Cc1cc(CNC(=O)CC2CCc3nn(Cc4cccnc4)c(=O)n3CC2)n(C)n1. The van der Waals surface area contributed by atoms with Crippen LogP contribution in [-0.2, 0) is 37.9 Å². The molecule has 0 aromatic carbocycles. The van der Waals surface area contributed by atoms with Gasteiger partial charge in [-0.3, -0.25) is 19.0 Å². The first kappa shape index (κ1) is 20.1. The van der Waals surface area contributed by atoms with E-state index in [1.54, 1.807) is 21.6 Å². The maximum Gasteiger partial charge on any atom is 0.346 e. The van der Waals surface area contributed by atoms with Gasteiger partial charge in [-0.15, -0.1) is 0 Å². The van der Waals surface area contributed by atoms with Gasteiger partial charge in [-0.1, -0.05) is 6.07 Å². The zero-order chi connectivity index (χ0) is 21.1. The van der Waals surface area contributed by atoms with Gasteiger partial charge in [-0.25, -0.2) is 9.48 Å². The Kier molecular flexibility index (Phi) is 5.78. The average molecular weight is 409 g/mol. The molecule has 3 aromatic heterocycles. The lowest BCUT2D eigenvalue weighted by Crippen LogP contribution is -2.27. The first-order chi connectivity index (χ1) is 14.5. The van der Waals surface area contributed by atoms with Gasteiger partial charge >= 0.3 is 5.69 Å². The van der Waals surface area contributed by atoms with Crippen LogP contribution in [0.15, 0.2) is 35.4 Å². The second kappa shape index (κ2) is 8.64.